The van der Waals surface area contributed by atoms with E-state index in [0.717, 1.165) is 0 Å². The number of aromatic amines is 1. The number of nitrogens with one attached hydrogen (secondary N) is 1. The highest BCUT2D eigenvalue weighted by molar-refractivity contribution is 5.38. The molecule has 0 atom stereocenters. The third kappa shape index (κ3) is 0.703. The van der Waals surface area contributed by atoms with Gasteiger partial charge in [-0.3, -0.25) is 0 Å². The van der Waals surface area contributed by atoms with Crippen molar-refractivity contribution in [1.82, 2.24) is 4.98 Å². The summed E-state index contributed by atoms with van der Waals surface area (Å²) in [7, 11) is 0. The van der Waals surface area contributed by atoms with Crippen molar-refractivity contribution in [3.05, 3.63) is 22.3 Å². The molecular formula is C9H13N. The number of H-pyrrole nitrogens is 1. The molecule has 1 aromatic heterocycles. The molecule has 1 aromatic rings. The predicted octanol–water partition coefficient (Wildman–Crippen LogP) is 0.924. The first-order valence-corrected chi connectivity index (χ1v) is 3.72. The maximum atomic E-state index is 3.24. The zero-order valence-corrected chi connectivity index (χ0v) is 6.15. The average Bonchev–Trinajstić information content (AvgIpc) is 2.34. The largest absolute Gasteiger partial charge is 0.361 e. The van der Waals surface area contributed by atoms with Gasteiger partial charge in [0.1, 0.15) is 0 Å². The number of hydrogen-bond acceptors (Lipinski definition) is 0. The van der Waals surface area contributed by atoms with E-state index in [1.165, 1.54) is 29.0 Å². The summed E-state index contributed by atoms with van der Waals surface area (Å²) in [5.41, 5.74) is 1.37. The topological polar surface area (TPSA) is 15.8 Å². The normalized spacial score (nSPS) is 15.3. The molecule has 1 nitrogen and oxygen atoms in total. The fourth-order valence-electron chi connectivity index (χ4n) is 1.45. The van der Waals surface area contributed by atoms with Crippen molar-refractivity contribution in [2.75, 3.05) is 0 Å². The van der Waals surface area contributed by atoms with Crippen molar-refractivity contribution in [2.45, 2.75) is 19.8 Å². The third-order valence-electron chi connectivity index (χ3n) is 2.02. The molecule has 54 valence electrons. The molecule has 0 aromatic carbocycles. The van der Waals surface area contributed by atoms with Crippen molar-refractivity contribution in [1.29, 1.82) is 0 Å². The molecule has 1 aliphatic rings. The highest BCUT2D eigenvalue weighted by atomic mass is 14.7. The second-order valence-corrected chi connectivity index (χ2v) is 2.78. The Morgan fingerprint density at radius 3 is 3.00 bits per heavy atom. The molecule has 10 heavy (non-hydrogen) atoms. The molecule has 0 saturated heterocycles. The summed E-state index contributed by atoms with van der Waals surface area (Å²) in [5.74, 6) is 0. The zero-order chi connectivity index (χ0) is 6.97. The summed E-state index contributed by atoms with van der Waals surface area (Å²) in [6.07, 6.45) is 9.03. The molecular weight excluding hydrogens is 122 g/mol. The SMILES string of the molecule is Cc1c[nH]c2c1=CCCC=2.[HH]. The molecule has 1 heteroatoms. The number of aromatic nitrogens is 1. The molecule has 0 fully saturated rings. The summed E-state index contributed by atoms with van der Waals surface area (Å²) in [6, 6.07) is 0. The number of rotatable bonds is 0. The van der Waals surface area contributed by atoms with Crippen molar-refractivity contribution >= 4 is 12.2 Å². The number of aryl methyl sites for hydroxylation is 1. The Morgan fingerprint density at radius 1 is 1.40 bits per heavy atom. The van der Waals surface area contributed by atoms with E-state index in [1.807, 2.05) is 0 Å². The van der Waals surface area contributed by atoms with Gasteiger partial charge in [0.25, 0.3) is 0 Å². The van der Waals surface area contributed by atoms with Crippen LogP contribution in [0.5, 0.6) is 0 Å². The number of fused-ring (bicyclic) bond motifs is 1. The van der Waals surface area contributed by atoms with Crippen LogP contribution in [0, 0.1) is 6.92 Å². The van der Waals surface area contributed by atoms with E-state index in [2.05, 4.69) is 30.3 Å². The van der Waals surface area contributed by atoms with Gasteiger partial charge in [0.2, 0.25) is 0 Å². The summed E-state index contributed by atoms with van der Waals surface area (Å²) in [6.45, 7) is 2.14. The minimum Gasteiger partial charge on any atom is -0.361 e. The first-order valence-electron chi connectivity index (χ1n) is 3.72. The fourth-order valence-corrected chi connectivity index (χ4v) is 1.45. The molecule has 0 spiro atoms. The molecule has 0 amide bonds. The second kappa shape index (κ2) is 2.01. The van der Waals surface area contributed by atoms with E-state index < -0.39 is 0 Å². The van der Waals surface area contributed by atoms with Gasteiger partial charge in [-0.15, -0.1) is 0 Å². The second-order valence-electron chi connectivity index (χ2n) is 2.78. The summed E-state index contributed by atoms with van der Waals surface area (Å²) < 4.78 is 0. The lowest BCUT2D eigenvalue weighted by Gasteiger charge is -1.93. The van der Waals surface area contributed by atoms with Crippen molar-refractivity contribution in [3.63, 3.8) is 0 Å². The lowest BCUT2D eigenvalue weighted by atomic mass is 10.1. The maximum Gasteiger partial charge on any atom is 0.0413 e. The van der Waals surface area contributed by atoms with Crippen LogP contribution >= 0.6 is 0 Å². The molecule has 1 heterocycles. The van der Waals surface area contributed by atoms with E-state index in [0.29, 0.717) is 0 Å². The molecule has 0 saturated carbocycles. The lowest BCUT2D eigenvalue weighted by Crippen LogP contribution is -2.25. The molecule has 0 radical (unpaired) electrons. The van der Waals surface area contributed by atoms with Gasteiger partial charge in [0, 0.05) is 13.0 Å². The van der Waals surface area contributed by atoms with Crippen LogP contribution in [0.1, 0.15) is 19.8 Å². The van der Waals surface area contributed by atoms with Crippen LogP contribution in [0.4, 0.5) is 0 Å². The predicted molar refractivity (Wildman–Crippen MR) is 45.1 cm³/mol. The molecule has 0 unspecified atom stereocenters. The Kier molecular flexibility index (Phi) is 1.16. The molecule has 1 N–H and O–H groups in total. The van der Waals surface area contributed by atoms with Gasteiger partial charge in [-0.25, -0.2) is 0 Å². The highest BCUT2D eigenvalue weighted by Gasteiger charge is 1.95. The van der Waals surface area contributed by atoms with Gasteiger partial charge in [0.15, 0.2) is 0 Å². The standard InChI is InChI=1S/C9H11N.H2/c1-7-6-10-9-5-3-2-4-8(7)9;/h4-6,10H,2-3H2,1H3;1H. The average molecular weight is 135 g/mol. The van der Waals surface area contributed by atoms with Crippen LogP contribution < -0.4 is 10.6 Å². The van der Waals surface area contributed by atoms with Crippen molar-refractivity contribution in [3.8, 4) is 0 Å². The smallest absolute Gasteiger partial charge is 0.0413 e. The van der Waals surface area contributed by atoms with Crippen LogP contribution in [-0.4, -0.2) is 4.98 Å². The molecule has 0 aliphatic heterocycles. The summed E-state index contributed by atoms with van der Waals surface area (Å²) in [5, 5.41) is 2.72. The first kappa shape index (κ1) is 5.78. The first-order chi connectivity index (χ1) is 4.88. The van der Waals surface area contributed by atoms with E-state index in [9.17, 15) is 0 Å². The number of hydrogen-bond donors (Lipinski definition) is 1. The van der Waals surface area contributed by atoms with Gasteiger partial charge < -0.3 is 4.98 Å². The molecule has 0 bridgehead atoms. The quantitative estimate of drug-likeness (QED) is 0.544. The molecule has 1 aliphatic carbocycles. The van der Waals surface area contributed by atoms with Gasteiger partial charge in [-0.05, 0) is 30.5 Å². The summed E-state index contributed by atoms with van der Waals surface area (Å²) in [4.78, 5) is 3.24. The van der Waals surface area contributed by atoms with Crippen molar-refractivity contribution in [2.24, 2.45) is 0 Å². The Labute approximate surface area is 61.6 Å². The van der Waals surface area contributed by atoms with Crippen LogP contribution in [0.2, 0.25) is 0 Å². The van der Waals surface area contributed by atoms with E-state index >= 15 is 0 Å². The van der Waals surface area contributed by atoms with E-state index in [1.54, 1.807) is 0 Å². The molecule has 2 rings (SSSR count). The summed E-state index contributed by atoms with van der Waals surface area (Å²) >= 11 is 0. The Bertz CT molecular complexity index is 348. The van der Waals surface area contributed by atoms with Crippen molar-refractivity contribution < 1.29 is 1.43 Å². The zero-order valence-electron chi connectivity index (χ0n) is 6.15. The van der Waals surface area contributed by atoms with Crippen LogP contribution in [0.3, 0.4) is 0 Å². The lowest BCUT2D eigenvalue weighted by molar-refractivity contribution is 1.10. The monoisotopic (exact) mass is 135 g/mol. The van der Waals surface area contributed by atoms with Gasteiger partial charge >= 0.3 is 0 Å². The third-order valence-corrected chi connectivity index (χ3v) is 2.02. The van der Waals surface area contributed by atoms with Gasteiger partial charge in [-0.2, -0.15) is 0 Å². The Balaban J connectivity index is 0.000000605. The Morgan fingerprint density at radius 2 is 2.20 bits per heavy atom. The van der Waals surface area contributed by atoms with E-state index in [-0.39, 0.29) is 1.43 Å². The van der Waals surface area contributed by atoms with Gasteiger partial charge in [-0.1, -0.05) is 12.2 Å². The van der Waals surface area contributed by atoms with Crippen LogP contribution in [-0.2, 0) is 0 Å². The minimum atomic E-state index is 0. The van der Waals surface area contributed by atoms with Gasteiger partial charge in [0.05, 0.1) is 0 Å². The Hall–Kier alpha value is -0.980. The fraction of sp³-hybridized carbons (Fsp3) is 0.333. The van der Waals surface area contributed by atoms with Crippen LogP contribution in [0.25, 0.3) is 12.2 Å². The maximum absolute atomic E-state index is 3.24. The highest BCUT2D eigenvalue weighted by Crippen LogP contribution is 1.95. The van der Waals surface area contributed by atoms with Crippen LogP contribution in [0.15, 0.2) is 6.20 Å². The minimum absolute atomic E-state index is 0. The van der Waals surface area contributed by atoms with E-state index in [4.69, 9.17) is 0 Å².